The lowest BCUT2D eigenvalue weighted by atomic mass is 9.60. The van der Waals surface area contributed by atoms with Crippen LogP contribution in [0.3, 0.4) is 0 Å². The van der Waals surface area contributed by atoms with Gasteiger partial charge in [0, 0.05) is 22.3 Å². The summed E-state index contributed by atoms with van der Waals surface area (Å²) < 4.78 is 14.0. The topological polar surface area (TPSA) is 72.5 Å². The molecule has 1 saturated carbocycles. The maximum Gasteiger partial charge on any atom is 0.132 e. The van der Waals surface area contributed by atoms with Gasteiger partial charge in [0.05, 0.1) is 56.1 Å². The molecule has 436 valence electrons. The maximum atomic E-state index is 12.6. The first-order valence-corrected chi connectivity index (χ1v) is 32.2. The highest BCUT2D eigenvalue weighted by Crippen LogP contribution is 2.70. The van der Waals surface area contributed by atoms with Gasteiger partial charge in [0.25, 0.3) is 0 Å². The molecule has 0 radical (unpaired) electrons. The molecule has 19 rings (SSSR count). The van der Waals surface area contributed by atoms with E-state index in [-0.39, 0.29) is 11.8 Å². The van der Waals surface area contributed by atoms with Crippen LogP contribution in [0.4, 0.5) is 34.1 Å². The highest BCUT2D eigenvalue weighted by atomic mass is 16.5. The summed E-state index contributed by atoms with van der Waals surface area (Å²) in [5, 5.41) is 25.3. The summed E-state index contributed by atoms with van der Waals surface area (Å²) in [6.45, 7) is 0. The molecule has 2 bridgehead atoms. The van der Waals surface area contributed by atoms with Crippen molar-refractivity contribution in [3.8, 4) is 79.6 Å². The van der Waals surface area contributed by atoms with E-state index in [1.54, 1.807) is 0 Å². The van der Waals surface area contributed by atoms with Gasteiger partial charge >= 0.3 is 0 Å². The van der Waals surface area contributed by atoms with Crippen LogP contribution in [-0.2, 0) is 10.8 Å². The van der Waals surface area contributed by atoms with Crippen LogP contribution in [-0.4, -0.2) is 0 Å². The molecule has 6 heteroatoms. The van der Waals surface area contributed by atoms with Gasteiger partial charge < -0.3 is 19.3 Å². The second-order valence-electron chi connectivity index (χ2n) is 25.5. The number of nitriles is 2. The zero-order chi connectivity index (χ0) is 61.5. The number of anilines is 6. The zero-order valence-corrected chi connectivity index (χ0v) is 50.6. The molecule has 93 heavy (non-hydrogen) atoms. The number of hydrogen-bond donors (Lipinski definition) is 0. The highest BCUT2D eigenvalue weighted by Gasteiger charge is 2.56. The molecule has 2 unspecified atom stereocenters. The second-order valence-corrected chi connectivity index (χ2v) is 25.5. The van der Waals surface area contributed by atoms with Gasteiger partial charge in [-0.3, -0.25) is 0 Å². The van der Waals surface area contributed by atoms with Crippen LogP contribution in [0, 0.1) is 22.7 Å². The summed E-state index contributed by atoms with van der Waals surface area (Å²) in [6.07, 6.45) is 2.82. The summed E-state index contributed by atoms with van der Waals surface area (Å²) in [5.41, 5.74) is 23.4. The van der Waals surface area contributed by atoms with Crippen molar-refractivity contribution in [3.63, 3.8) is 0 Å². The lowest BCUT2D eigenvalue weighted by Crippen LogP contribution is -2.41. The Bertz CT molecular complexity index is 4760. The third-order valence-electron chi connectivity index (χ3n) is 21.0. The molecule has 1 fully saturated rings. The average Bonchev–Trinajstić information content (AvgIpc) is 1.24. The number of nitrogens with zero attached hydrogens (tertiary/aromatic N) is 4. The van der Waals surface area contributed by atoms with E-state index in [1.807, 2.05) is 0 Å². The Hall–Kier alpha value is -12.0. The van der Waals surface area contributed by atoms with Crippen molar-refractivity contribution in [2.75, 3.05) is 9.80 Å². The quantitative estimate of drug-likeness (QED) is 0.165. The third kappa shape index (κ3) is 7.38. The number of fused-ring (bicyclic) bond motifs is 21. The Morgan fingerprint density at radius 1 is 0.290 bits per heavy atom. The first-order valence-electron chi connectivity index (χ1n) is 32.2. The summed E-state index contributed by atoms with van der Waals surface area (Å²) >= 11 is 0. The van der Waals surface area contributed by atoms with Crippen molar-refractivity contribution in [1.82, 2.24) is 0 Å². The Morgan fingerprint density at radius 2 is 0.548 bits per heavy atom. The van der Waals surface area contributed by atoms with Crippen LogP contribution in [0.15, 0.2) is 291 Å². The van der Waals surface area contributed by atoms with Crippen LogP contribution >= 0.6 is 0 Å². The normalized spacial score (nSPS) is 16.3. The van der Waals surface area contributed by atoms with Crippen molar-refractivity contribution in [2.24, 2.45) is 0 Å². The van der Waals surface area contributed by atoms with E-state index in [4.69, 9.17) is 9.47 Å². The van der Waals surface area contributed by atoms with Gasteiger partial charge in [0.1, 0.15) is 35.1 Å². The van der Waals surface area contributed by atoms with Crippen LogP contribution < -0.4 is 19.3 Å². The van der Waals surface area contributed by atoms with Crippen molar-refractivity contribution in [2.45, 2.75) is 41.9 Å². The molecule has 0 N–H and O–H groups in total. The minimum atomic E-state index is -0.926. The lowest BCUT2D eigenvalue weighted by molar-refractivity contribution is 0.434. The number of rotatable bonds is 6. The van der Waals surface area contributed by atoms with Crippen molar-refractivity contribution in [1.29, 1.82) is 10.5 Å². The Kier molecular flexibility index (Phi) is 11.5. The number of benzene rings is 13. The standard InChI is InChI=1S/C87H56N4O2/c88-52-64-65(53-89)85(91-76-45-41-60(56-25-9-3-10-26-56)50-72(76)87(73-51-61(42-46-77(73)91)57-27-11-4-12-28-57)68-31-15-19-35-80(68)93-81-36-20-16-32-69(81)87)83-63-38-37-62(47-63)82(83)84(64)90-74-43-39-58(54-21-5-1-6-22-54)48-70(74)86(71-49-59(40-44-75(71)90)55-23-7-2-8-24-55)66-29-13-17-33-78(66)92-79-34-18-14-30-67(79)86/h1-36,39-46,48-51,62-63H,37-38,47H2. The molecular formula is C87H56N4O2. The van der Waals surface area contributed by atoms with E-state index in [2.05, 4.69) is 313 Å². The number of hydrogen-bond acceptors (Lipinski definition) is 6. The monoisotopic (exact) mass is 1190 g/mol. The van der Waals surface area contributed by atoms with Gasteiger partial charge in [0.15, 0.2) is 0 Å². The summed E-state index contributed by atoms with van der Waals surface area (Å²) in [7, 11) is 0. The highest BCUT2D eigenvalue weighted by molar-refractivity contribution is 6.02. The van der Waals surface area contributed by atoms with Gasteiger partial charge in [-0.2, -0.15) is 10.5 Å². The van der Waals surface area contributed by atoms with Crippen molar-refractivity contribution >= 4 is 34.1 Å². The fourth-order valence-electron chi connectivity index (χ4n) is 17.3. The van der Waals surface area contributed by atoms with E-state index in [9.17, 15) is 10.5 Å². The zero-order valence-electron chi connectivity index (χ0n) is 50.6. The van der Waals surface area contributed by atoms with Gasteiger partial charge in [0.2, 0.25) is 0 Å². The minimum absolute atomic E-state index is 0.100. The van der Waals surface area contributed by atoms with E-state index in [0.29, 0.717) is 11.1 Å². The smallest absolute Gasteiger partial charge is 0.132 e. The van der Waals surface area contributed by atoms with Crippen LogP contribution in [0.5, 0.6) is 23.0 Å². The molecule has 4 heterocycles. The number of ether oxygens (including phenoxy) is 2. The number of para-hydroxylation sites is 4. The SMILES string of the molecule is N#Cc1c(C#N)c(N2c3ccc(-c4ccccc4)cc3C3(c4ccccc4Oc4ccccc43)c3cc(-c4ccccc4)ccc32)c2c(c1N1c3ccc(-c4ccccc4)cc3C3(c4ccccc4Oc4ccccc43)c3cc(-c4ccccc4)ccc31)C1CCC2C1. The molecule has 2 aliphatic carbocycles. The van der Waals surface area contributed by atoms with Crippen LogP contribution in [0.25, 0.3) is 44.5 Å². The van der Waals surface area contributed by atoms with Crippen LogP contribution in [0.2, 0.25) is 0 Å². The Labute approximate surface area is 540 Å². The van der Waals surface area contributed by atoms with E-state index in [0.717, 1.165) is 177 Å². The predicted molar refractivity (Wildman–Crippen MR) is 370 cm³/mol. The molecule has 6 aliphatic rings. The van der Waals surface area contributed by atoms with E-state index >= 15 is 0 Å². The second kappa shape index (κ2) is 20.3. The average molecular weight is 1190 g/mol. The van der Waals surface area contributed by atoms with Gasteiger partial charge in [-0.1, -0.05) is 218 Å². The largest absolute Gasteiger partial charge is 0.457 e. The first kappa shape index (κ1) is 52.9. The van der Waals surface area contributed by atoms with Gasteiger partial charge in [-0.05, 0) is 182 Å². The summed E-state index contributed by atoms with van der Waals surface area (Å²) in [4.78, 5) is 4.81. The Morgan fingerprint density at radius 3 is 0.817 bits per heavy atom. The lowest BCUT2D eigenvalue weighted by Gasteiger charge is -2.50. The third-order valence-corrected chi connectivity index (χ3v) is 21.0. The minimum Gasteiger partial charge on any atom is -0.457 e. The fraction of sp³-hybridized carbons (Fsp3) is 0.0805. The molecule has 2 spiro atoms. The molecule has 4 aliphatic heterocycles. The maximum absolute atomic E-state index is 12.6. The molecule has 0 aromatic heterocycles. The first-order chi connectivity index (χ1) is 46.0. The Balaban J connectivity index is 0.941. The molecule has 0 amide bonds. The van der Waals surface area contributed by atoms with Crippen molar-refractivity contribution in [3.05, 3.63) is 358 Å². The van der Waals surface area contributed by atoms with Gasteiger partial charge in [-0.25, -0.2) is 0 Å². The van der Waals surface area contributed by atoms with E-state index in [1.165, 1.54) is 0 Å². The van der Waals surface area contributed by atoms with Gasteiger partial charge in [-0.15, -0.1) is 0 Å². The molecule has 13 aromatic rings. The summed E-state index contributed by atoms with van der Waals surface area (Å²) in [6, 6.07) is 110. The molecule has 0 saturated heterocycles. The molecule has 13 aromatic carbocycles. The molecule has 2 atom stereocenters. The predicted octanol–water partition coefficient (Wildman–Crippen LogP) is 22.0. The van der Waals surface area contributed by atoms with E-state index < -0.39 is 10.8 Å². The van der Waals surface area contributed by atoms with Crippen molar-refractivity contribution < 1.29 is 9.47 Å². The van der Waals surface area contributed by atoms with Crippen LogP contribution in [0.1, 0.15) is 97.9 Å². The molecular weight excluding hydrogens is 1130 g/mol. The fourth-order valence-corrected chi connectivity index (χ4v) is 17.3. The molecule has 6 nitrogen and oxygen atoms in total. The summed E-state index contributed by atoms with van der Waals surface area (Å²) in [5.74, 6) is 3.34.